The minimum Gasteiger partial charge on any atom is -0.423 e. The van der Waals surface area contributed by atoms with Crippen LogP contribution in [0.3, 0.4) is 0 Å². The zero-order chi connectivity index (χ0) is 38.7. The molecule has 1 heterocycles. The zero-order valence-electron chi connectivity index (χ0n) is 30.2. The first-order chi connectivity index (χ1) is 25.9. The van der Waals surface area contributed by atoms with Crippen LogP contribution in [-0.2, 0) is 29.7 Å². The van der Waals surface area contributed by atoms with Crippen LogP contribution in [-0.4, -0.2) is 37.1 Å². The van der Waals surface area contributed by atoms with E-state index in [4.69, 9.17) is 10.00 Å². The summed E-state index contributed by atoms with van der Waals surface area (Å²) in [5.74, 6) is -0.263. The SMILES string of the molecule is C=CC(=O)NCC(C)(C)CNC(=O)NCc1ccc(NC(=O)Nc2ccc3cc4ccc(NC(=O)Nc5ccc(COC#N)cc5)cc4[n+](C)c3c2)cc1. The average molecular weight is 729 g/mol. The van der Waals surface area contributed by atoms with E-state index in [0.29, 0.717) is 35.8 Å². The molecular weight excluding hydrogens is 686 g/mol. The van der Waals surface area contributed by atoms with Crippen LogP contribution < -0.4 is 41.8 Å². The number of aryl methyl sites for hydroxylation is 1. The highest BCUT2D eigenvalue weighted by molar-refractivity contribution is 6.02. The van der Waals surface area contributed by atoms with Gasteiger partial charge in [-0.2, -0.15) is 9.83 Å². The van der Waals surface area contributed by atoms with Crippen LogP contribution in [0, 0.1) is 16.9 Å². The van der Waals surface area contributed by atoms with Crippen molar-refractivity contribution in [3.05, 3.63) is 115 Å². The summed E-state index contributed by atoms with van der Waals surface area (Å²) in [5.41, 5.74) is 5.39. The van der Waals surface area contributed by atoms with Gasteiger partial charge in [-0.05, 0) is 77.2 Å². The second-order valence-electron chi connectivity index (χ2n) is 13.3. The van der Waals surface area contributed by atoms with Crippen molar-refractivity contribution < 1.29 is 28.5 Å². The molecule has 4 aromatic carbocycles. The molecule has 7 N–H and O–H groups in total. The summed E-state index contributed by atoms with van der Waals surface area (Å²) < 4.78 is 6.73. The number of carbonyl (C=O) groups is 4. The van der Waals surface area contributed by atoms with Crippen molar-refractivity contribution in [2.45, 2.75) is 27.0 Å². The van der Waals surface area contributed by atoms with Gasteiger partial charge in [0, 0.05) is 65.3 Å². The molecule has 5 aromatic rings. The van der Waals surface area contributed by atoms with E-state index >= 15 is 0 Å². The van der Waals surface area contributed by atoms with E-state index in [9.17, 15) is 19.2 Å². The predicted octanol–water partition coefficient (Wildman–Crippen LogP) is 6.23. The van der Waals surface area contributed by atoms with Crippen molar-refractivity contribution in [2.75, 3.05) is 34.4 Å². The summed E-state index contributed by atoms with van der Waals surface area (Å²) in [6.45, 7) is 8.50. The van der Waals surface area contributed by atoms with Gasteiger partial charge in [0.05, 0.1) is 0 Å². The highest BCUT2D eigenvalue weighted by Gasteiger charge is 2.20. The second-order valence-corrected chi connectivity index (χ2v) is 13.3. The molecule has 0 radical (unpaired) electrons. The van der Waals surface area contributed by atoms with Crippen molar-refractivity contribution in [3.8, 4) is 6.26 Å². The van der Waals surface area contributed by atoms with Gasteiger partial charge in [0.1, 0.15) is 13.7 Å². The number of benzene rings is 4. The fourth-order valence-corrected chi connectivity index (χ4v) is 5.48. The van der Waals surface area contributed by atoms with Gasteiger partial charge in [-0.25, -0.2) is 14.4 Å². The number of nitrogens with one attached hydrogen (secondary N) is 7. The molecular formula is C40H42N9O5+. The van der Waals surface area contributed by atoms with Gasteiger partial charge in [-0.15, -0.1) is 0 Å². The van der Waals surface area contributed by atoms with Crippen LogP contribution in [0.2, 0.25) is 0 Å². The summed E-state index contributed by atoms with van der Waals surface area (Å²) in [5, 5.41) is 30.3. The van der Waals surface area contributed by atoms with Crippen LogP contribution in [0.4, 0.5) is 37.1 Å². The third-order valence-corrected chi connectivity index (χ3v) is 8.44. The first kappa shape index (κ1) is 38.1. The highest BCUT2D eigenvalue weighted by Crippen LogP contribution is 2.24. The molecule has 0 spiro atoms. The third kappa shape index (κ3) is 10.7. The summed E-state index contributed by atoms with van der Waals surface area (Å²) in [6, 6.07) is 26.3. The lowest BCUT2D eigenvalue weighted by atomic mass is 9.93. The number of hydrogen-bond donors (Lipinski definition) is 7. The van der Waals surface area contributed by atoms with Crippen LogP contribution in [0.5, 0.6) is 0 Å². The molecule has 54 heavy (non-hydrogen) atoms. The molecule has 0 aliphatic carbocycles. The van der Waals surface area contributed by atoms with E-state index < -0.39 is 12.1 Å². The Hall–Kier alpha value is -7.14. The van der Waals surface area contributed by atoms with Crippen LogP contribution in [0.15, 0.2) is 104 Å². The molecule has 14 nitrogen and oxygen atoms in total. The normalized spacial score (nSPS) is 10.8. The molecule has 0 unspecified atom stereocenters. The number of hydrogen-bond acceptors (Lipinski definition) is 6. The van der Waals surface area contributed by atoms with Crippen LogP contribution in [0.25, 0.3) is 21.8 Å². The van der Waals surface area contributed by atoms with Crippen molar-refractivity contribution in [2.24, 2.45) is 12.5 Å². The molecule has 0 aliphatic heterocycles. The number of rotatable bonds is 13. The Bertz CT molecular complexity index is 2230. The molecule has 1 aromatic heterocycles. The number of aromatic nitrogens is 1. The molecule has 0 aliphatic rings. The number of urea groups is 3. The number of carbonyl (C=O) groups excluding carboxylic acids is 4. The van der Waals surface area contributed by atoms with Gasteiger partial charge in [0.15, 0.2) is 0 Å². The lowest BCUT2D eigenvalue weighted by molar-refractivity contribution is -0.617. The molecule has 0 fully saturated rings. The largest absolute Gasteiger partial charge is 0.423 e. The van der Waals surface area contributed by atoms with E-state index in [0.717, 1.165) is 32.9 Å². The smallest absolute Gasteiger partial charge is 0.323 e. The Morgan fingerprint density at radius 3 is 1.69 bits per heavy atom. The monoisotopic (exact) mass is 728 g/mol. The number of nitriles is 1. The third-order valence-electron chi connectivity index (χ3n) is 8.44. The van der Waals surface area contributed by atoms with Gasteiger partial charge >= 0.3 is 18.1 Å². The van der Waals surface area contributed by atoms with Crippen LogP contribution >= 0.6 is 0 Å². The fraction of sp³-hybridized carbons (Fsp3) is 0.200. The van der Waals surface area contributed by atoms with Gasteiger partial charge in [0.25, 0.3) is 6.26 Å². The summed E-state index contributed by atoms with van der Waals surface area (Å²) in [7, 11) is 1.92. The molecule has 0 atom stereocenters. The standard InChI is InChI=1S/C40H41N9O5/c1-5-36(50)43-23-40(2,3)24-44-37(51)42-21-26-6-12-30(13-7-26)45-38(52)47-32-16-10-28-18-29-11-17-33(20-35(29)49(4)34(28)19-32)48-39(53)46-31-14-8-27(9-15-31)22-54-25-41/h5-20H,1,21-24H2,2-4H3,(H6,42,43,44,45,46,47,48,50,51,52,53)/p+1. The Morgan fingerprint density at radius 2 is 1.17 bits per heavy atom. The van der Waals surface area contributed by atoms with Gasteiger partial charge in [0.2, 0.25) is 16.9 Å². The minimum atomic E-state index is -0.419. The van der Waals surface area contributed by atoms with E-state index in [2.05, 4.69) is 43.8 Å². The summed E-state index contributed by atoms with van der Waals surface area (Å²) in [6.07, 6.45) is 2.84. The Labute approximate surface area is 312 Å². The van der Waals surface area contributed by atoms with Gasteiger partial charge in [-0.1, -0.05) is 44.7 Å². The molecule has 14 heteroatoms. The number of anilines is 4. The van der Waals surface area contributed by atoms with Crippen molar-refractivity contribution in [3.63, 3.8) is 0 Å². The fourth-order valence-electron chi connectivity index (χ4n) is 5.48. The van der Waals surface area contributed by atoms with Gasteiger partial charge < -0.3 is 42.0 Å². The lowest BCUT2D eigenvalue weighted by Crippen LogP contribution is -2.44. The van der Waals surface area contributed by atoms with E-state index in [1.165, 1.54) is 6.08 Å². The Morgan fingerprint density at radius 1 is 0.685 bits per heavy atom. The van der Waals surface area contributed by atoms with E-state index in [1.54, 1.807) is 42.7 Å². The van der Waals surface area contributed by atoms with Crippen molar-refractivity contribution in [1.29, 1.82) is 5.26 Å². The number of nitrogens with zero attached hydrogens (tertiary/aromatic N) is 2. The maximum atomic E-state index is 12.9. The predicted molar refractivity (Wildman–Crippen MR) is 208 cm³/mol. The number of ether oxygens (including phenoxy) is 1. The zero-order valence-corrected chi connectivity index (χ0v) is 30.2. The topological polar surface area (TPSA) is 189 Å². The summed E-state index contributed by atoms with van der Waals surface area (Å²) in [4.78, 5) is 49.4. The summed E-state index contributed by atoms with van der Waals surface area (Å²) >= 11 is 0. The van der Waals surface area contributed by atoms with Crippen molar-refractivity contribution in [1.82, 2.24) is 16.0 Å². The Kier molecular flexibility index (Phi) is 12.3. The molecule has 7 amide bonds. The molecule has 5 rings (SSSR count). The molecule has 276 valence electrons. The first-order valence-corrected chi connectivity index (χ1v) is 17.0. The van der Waals surface area contributed by atoms with Crippen LogP contribution in [0.1, 0.15) is 25.0 Å². The molecule has 0 bridgehead atoms. The number of fused-ring (bicyclic) bond motifs is 2. The number of pyridine rings is 1. The van der Waals surface area contributed by atoms with E-state index in [-0.39, 0.29) is 30.5 Å². The first-order valence-electron chi connectivity index (χ1n) is 17.0. The highest BCUT2D eigenvalue weighted by atomic mass is 16.5. The molecule has 0 saturated carbocycles. The lowest BCUT2D eigenvalue weighted by Gasteiger charge is -2.25. The number of amides is 7. The average Bonchev–Trinajstić information content (AvgIpc) is 3.16. The van der Waals surface area contributed by atoms with Crippen molar-refractivity contribution >= 4 is 68.6 Å². The van der Waals surface area contributed by atoms with Gasteiger partial charge in [-0.3, -0.25) is 4.79 Å². The van der Waals surface area contributed by atoms with E-state index in [1.807, 2.05) is 80.1 Å². The Balaban J connectivity index is 1.14. The maximum absolute atomic E-state index is 12.9. The maximum Gasteiger partial charge on any atom is 0.323 e. The quantitative estimate of drug-likeness (QED) is 0.0326. The minimum absolute atomic E-state index is 0.164. The molecule has 0 saturated heterocycles. The second kappa shape index (κ2) is 17.4.